The number of aliphatic hydroxyl groups is 2. The molecule has 0 saturated carbocycles. The summed E-state index contributed by atoms with van der Waals surface area (Å²) >= 11 is 0. The van der Waals surface area contributed by atoms with Crippen LogP contribution in [0.15, 0.2) is 12.1 Å². The van der Waals surface area contributed by atoms with Crippen LogP contribution in [0.2, 0.25) is 0 Å². The number of hydrogen-bond acceptors (Lipinski definition) is 4. The van der Waals surface area contributed by atoms with E-state index in [9.17, 15) is 23.8 Å². The molecule has 7 heteroatoms. The Morgan fingerprint density at radius 2 is 1.95 bits per heavy atom. The van der Waals surface area contributed by atoms with Crippen LogP contribution in [0.1, 0.15) is 25.0 Å². The Bertz CT molecular complexity index is 482. The second kappa shape index (κ2) is 7.16. The third-order valence-corrected chi connectivity index (χ3v) is 2.77. The maximum absolute atomic E-state index is 13.2. The van der Waals surface area contributed by atoms with Crippen molar-refractivity contribution in [1.29, 1.82) is 0 Å². The lowest BCUT2D eigenvalue weighted by atomic mass is 10.0. The summed E-state index contributed by atoms with van der Waals surface area (Å²) in [6.45, 7) is 1.47. The average Bonchev–Trinajstić information content (AvgIpc) is 2.39. The first-order valence-corrected chi connectivity index (χ1v) is 6.00. The molecular formula is C13H17F2NO4. The summed E-state index contributed by atoms with van der Waals surface area (Å²) < 4.78 is 31.1. The maximum atomic E-state index is 13.2. The molecule has 0 fully saturated rings. The lowest BCUT2D eigenvalue weighted by Gasteiger charge is -2.20. The van der Waals surface area contributed by atoms with Crippen molar-refractivity contribution in [3.05, 3.63) is 29.3 Å². The molecule has 20 heavy (non-hydrogen) atoms. The number of rotatable bonds is 6. The maximum Gasteiger partial charge on any atom is 0.216 e. The van der Waals surface area contributed by atoms with Crippen LogP contribution in [-0.2, 0) is 4.79 Å². The molecule has 3 N–H and O–H groups in total. The van der Waals surface area contributed by atoms with E-state index in [1.807, 2.05) is 0 Å². The Kier molecular flexibility index (Phi) is 5.84. The van der Waals surface area contributed by atoms with E-state index in [0.29, 0.717) is 0 Å². The van der Waals surface area contributed by atoms with Crippen LogP contribution in [0.5, 0.6) is 5.75 Å². The molecule has 1 rings (SSSR count). The lowest BCUT2D eigenvalue weighted by Crippen LogP contribution is -2.28. The molecule has 5 nitrogen and oxygen atoms in total. The monoisotopic (exact) mass is 289 g/mol. The minimum atomic E-state index is -1.45. The molecule has 0 saturated heterocycles. The minimum absolute atomic E-state index is 0.0540. The van der Waals surface area contributed by atoms with E-state index in [4.69, 9.17) is 4.74 Å². The Morgan fingerprint density at radius 1 is 1.35 bits per heavy atom. The van der Waals surface area contributed by atoms with Crippen molar-refractivity contribution in [1.82, 2.24) is 5.32 Å². The van der Waals surface area contributed by atoms with Gasteiger partial charge in [-0.2, -0.15) is 0 Å². The molecule has 1 amide bonds. The largest absolute Gasteiger partial charge is 0.496 e. The van der Waals surface area contributed by atoms with Gasteiger partial charge in [0.15, 0.2) is 11.6 Å². The second-order valence-electron chi connectivity index (χ2n) is 4.29. The topological polar surface area (TPSA) is 78.8 Å². The number of halogens is 2. The van der Waals surface area contributed by atoms with Crippen LogP contribution in [0.25, 0.3) is 0 Å². The van der Waals surface area contributed by atoms with Crippen molar-refractivity contribution in [3.8, 4) is 5.75 Å². The van der Waals surface area contributed by atoms with Gasteiger partial charge in [-0.1, -0.05) is 0 Å². The molecule has 2 unspecified atom stereocenters. The molecule has 0 aliphatic heterocycles. The number of nitrogens with one attached hydrogen (secondary N) is 1. The van der Waals surface area contributed by atoms with Crippen LogP contribution in [0, 0.1) is 11.6 Å². The quantitative estimate of drug-likeness (QED) is 0.727. The number of carbonyl (C=O) groups is 1. The van der Waals surface area contributed by atoms with Gasteiger partial charge in [0, 0.05) is 25.1 Å². The van der Waals surface area contributed by atoms with E-state index >= 15 is 0 Å². The molecule has 2 atom stereocenters. The first-order valence-electron chi connectivity index (χ1n) is 6.00. The van der Waals surface area contributed by atoms with Gasteiger partial charge >= 0.3 is 0 Å². The standard InChI is InChI=1S/C13H17F2NO4/c1-7(17)16-4-3-11(18)13(19)8-5-9(14)10(15)6-12(8)20-2/h5-6,11,13,18-19H,3-4H2,1-2H3,(H,16,17). The molecule has 112 valence electrons. The number of hydrogen-bond donors (Lipinski definition) is 3. The third-order valence-electron chi connectivity index (χ3n) is 2.77. The number of ether oxygens (including phenoxy) is 1. The number of amides is 1. The van der Waals surface area contributed by atoms with E-state index in [0.717, 1.165) is 12.1 Å². The van der Waals surface area contributed by atoms with Crippen molar-refractivity contribution in [2.75, 3.05) is 13.7 Å². The Morgan fingerprint density at radius 3 is 2.50 bits per heavy atom. The van der Waals surface area contributed by atoms with Gasteiger partial charge in [-0.25, -0.2) is 8.78 Å². The third kappa shape index (κ3) is 4.14. The van der Waals surface area contributed by atoms with Crippen molar-refractivity contribution < 1.29 is 28.5 Å². The molecule has 0 bridgehead atoms. The number of benzene rings is 1. The zero-order chi connectivity index (χ0) is 15.3. The fraction of sp³-hybridized carbons (Fsp3) is 0.462. The fourth-order valence-corrected chi connectivity index (χ4v) is 1.71. The summed E-state index contributed by atoms with van der Waals surface area (Å²) in [6, 6.07) is 1.58. The van der Waals surface area contributed by atoms with E-state index in [2.05, 4.69) is 5.32 Å². The molecule has 0 spiro atoms. The highest BCUT2D eigenvalue weighted by Crippen LogP contribution is 2.30. The Hall–Kier alpha value is -1.73. The molecule has 0 heterocycles. The first-order chi connectivity index (χ1) is 9.36. The first kappa shape index (κ1) is 16.3. The summed E-state index contributed by atoms with van der Waals surface area (Å²) in [6.07, 6.45) is -2.64. The van der Waals surface area contributed by atoms with Crippen LogP contribution in [0.3, 0.4) is 0 Å². The smallest absolute Gasteiger partial charge is 0.216 e. The lowest BCUT2D eigenvalue weighted by molar-refractivity contribution is -0.119. The van der Waals surface area contributed by atoms with Crippen molar-refractivity contribution >= 4 is 5.91 Å². The van der Waals surface area contributed by atoms with E-state index in [-0.39, 0.29) is 30.2 Å². The zero-order valence-electron chi connectivity index (χ0n) is 11.2. The molecular weight excluding hydrogens is 272 g/mol. The van der Waals surface area contributed by atoms with E-state index in [1.54, 1.807) is 0 Å². The number of carbonyl (C=O) groups excluding carboxylic acids is 1. The summed E-state index contributed by atoms with van der Waals surface area (Å²) in [5.41, 5.74) is -0.0540. The van der Waals surface area contributed by atoms with Gasteiger partial charge < -0.3 is 20.3 Å². The van der Waals surface area contributed by atoms with Gasteiger partial charge in [-0.15, -0.1) is 0 Å². The van der Waals surface area contributed by atoms with Crippen LogP contribution >= 0.6 is 0 Å². The number of methoxy groups -OCH3 is 1. The highest BCUT2D eigenvalue weighted by molar-refractivity contribution is 5.72. The Balaban J connectivity index is 2.82. The van der Waals surface area contributed by atoms with Gasteiger partial charge in [0.25, 0.3) is 0 Å². The Labute approximate surface area is 115 Å². The molecule has 0 aromatic heterocycles. The molecule has 0 radical (unpaired) electrons. The van der Waals surface area contributed by atoms with Crippen molar-refractivity contribution in [2.45, 2.75) is 25.6 Å². The second-order valence-corrected chi connectivity index (χ2v) is 4.29. The van der Waals surface area contributed by atoms with Crippen LogP contribution in [-0.4, -0.2) is 35.9 Å². The highest BCUT2D eigenvalue weighted by atomic mass is 19.2. The molecule has 0 aliphatic rings. The summed E-state index contributed by atoms with van der Waals surface area (Å²) in [5.74, 6) is -2.58. The fourth-order valence-electron chi connectivity index (χ4n) is 1.71. The molecule has 1 aromatic carbocycles. The summed E-state index contributed by atoms with van der Waals surface area (Å²) in [4.78, 5) is 10.7. The normalized spacial score (nSPS) is 13.7. The van der Waals surface area contributed by atoms with E-state index < -0.39 is 23.8 Å². The van der Waals surface area contributed by atoms with E-state index in [1.165, 1.54) is 14.0 Å². The number of aliphatic hydroxyl groups excluding tert-OH is 2. The van der Waals surface area contributed by atoms with Crippen molar-refractivity contribution in [2.24, 2.45) is 0 Å². The van der Waals surface area contributed by atoms with Crippen LogP contribution in [0.4, 0.5) is 8.78 Å². The van der Waals surface area contributed by atoms with Crippen LogP contribution < -0.4 is 10.1 Å². The average molecular weight is 289 g/mol. The highest BCUT2D eigenvalue weighted by Gasteiger charge is 2.23. The predicted octanol–water partition coefficient (Wildman–Crippen LogP) is 0.894. The van der Waals surface area contributed by atoms with Gasteiger partial charge in [0.05, 0.1) is 13.2 Å². The van der Waals surface area contributed by atoms with Crippen molar-refractivity contribution in [3.63, 3.8) is 0 Å². The van der Waals surface area contributed by atoms with Gasteiger partial charge in [-0.3, -0.25) is 4.79 Å². The zero-order valence-corrected chi connectivity index (χ0v) is 11.2. The van der Waals surface area contributed by atoms with Gasteiger partial charge in [0.2, 0.25) is 5.91 Å². The molecule has 0 aliphatic carbocycles. The van der Waals surface area contributed by atoms with Gasteiger partial charge in [-0.05, 0) is 12.5 Å². The minimum Gasteiger partial charge on any atom is -0.496 e. The predicted molar refractivity (Wildman–Crippen MR) is 67.2 cm³/mol. The summed E-state index contributed by atoms with van der Waals surface area (Å²) in [7, 11) is 1.24. The van der Waals surface area contributed by atoms with Gasteiger partial charge in [0.1, 0.15) is 11.9 Å². The SMILES string of the molecule is COc1cc(F)c(F)cc1C(O)C(O)CCNC(C)=O. The molecule has 1 aromatic rings. The summed E-state index contributed by atoms with van der Waals surface area (Å²) in [5, 5.41) is 22.2.